The average Bonchev–Trinajstić information content (AvgIpc) is 2.69. The SMILES string of the molecule is CC(=O)Nc1ccc(CC(=O)N2CCN(c3ccc(C(C)=O)cc3F)CC2)cc1. The molecule has 29 heavy (non-hydrogen) atoms. The number of halogens is 1. The fourth-order valence-corrected chi connectivity index (χ4v) is 3.37. The van der Waals surface area contributed by atoms with E-state index in [9.17, 15) is 18.8 Å². The van der Waals surface area contributed by atoms with Crippen LogP contribution < -0.4 is 10.2 Å². The summed E-state index contributed by atoms with van der Waals surface area (Å²) in [6, 6.07) is 11.7. The fourth-order valence-electron chi connectivity index (χ4n) is 3.37. The number of carbonyl (C=O) groups excluding carboxylic acids is 3. The number of benzene rings is 2. The highest BCUT2D eigenvalue weighted by Crippen LogP contribution is 2.22. The van der Waals surface area contributed by atoms with Crippen LogP contribution in [0.15, 0.2) is 42.5 Å². The maximum atomic E-state index is 14.3. The van der Waals surface area contributed by atoms with Crippen molar-refractivity contribution in [2.24, 2.45) is 0 Å². The first-order chi connectivity index (χ1) is 13.8. The number of anilines is 2. The zero-order valence-corrected chi connectivity index (χ0v) is 16.6. The van der Waals surface area contributed by atoms with E-state index in [1.807, 2.05) is 17.0 Å². The quantitative estimate of drug-likeness (QED) is 0.788. The van der Waals surface area contributed by atoms with Crippen LogP contribution >= 0.6 is 0 Å². The van der Waals surface area contributed by atoms with Gasteiger partial charge in [0.05, 0.1) is 12.1 Å². The predicted molar refractivity (Wildman–Crippen MR) is 110 cm³/mol. The normalized spacial score (nSPS) is 13.9. The molecule has 1 heterocycles. The summed E-state index contributed by atoms with van der Waals surface area (Å²) < 4.78 is 14.3. The number of hydrogen-bond donors (Lipinski definition) is 1. The fraction of sp³-hybridized carbons (Fsp3) is 0.318. The second-order valence-electron chi connectivity index (χ2n) is 7.15. The van der Waals surface area contributed by atoms with Crippen LogP contribution in [0.1, 0.15) is 29.8 Å². The van der Waals surface area contributed by atoms with Crippen LogP contribution in [0.3, 0.4) is 0 Å². The highest BCUT2D eigenvalue weighted by Gasteiger charge is 2.23. The van der Waals surface area contributed by atoms with Gasteiger partial charge in [-0.15, -0.1) is 0 Å². The van der Waals surface area contributed by atoms with Crippen LogP contribution in [-0.2, 0) is 16.0 Å². The average molecular weight is 397 g/mol. The van der Waals surface area contributed by atoms with E-state index in [2.05, 4.69) is 5.32 Å². The highest BCUT2D eigenvalue weighted by molar-refractivity contribution is 5.94. The van der Waals surface area contributed by atoms with E-state index >= 15 is 0 Å². The minimum Gasteiger partial charge on any atom is -0.366 e. The summed E-state index contributed by atoms with van der Waals surface area (Å²) in [5, 5.41) is 2.69. The van der Waals surface area contributed by atoms with Gasteiger partial charge in [0.25, 0.3) is 0 Å². The molecule has 0 unspecified atom stereocenters. The summed E-state index contributed by atoms with van der Waals surface area (Å²) in [5.74, 6) is -0.712. The molecule has 0 aromatic heterocycles. The lowest BCUT2D eigenvalue weighted by Crippen LogP contribution is -2.49. The Morgan fingerprint density at radius 3 is 2.17 bits per heavy atom. The molecule has 1 saturated heterocycles. The van der Waals surface area contributed by atoms with Crippen molar-refractivity contribution in [2.45, 2.75) is 20.3 Å². The molecule has 7 heteroatoms. The smallest absolute Gasteiger partial charge is 0.227 e. The molecule has 1 fully saturated rings. The van der Waals surface area contributed by atoms with Crippen LogP contribution in [-0.4, -0.2) is 48.7 Å². The minimum absolute atomic E-state index is 0.0179. The number of ketones is 1. The molecule has 0 saturated carbocycles. The van der Waals surface area contributed by atoms with Gasteiger partial charge in [-0.3, -0.25) is 14.4 Å². The Balaban J connectivity index is 1.55. The largest absolute Gasteiger partial charge is 0.366 e. The molecule has 3 rings (SSSR count). The summed E-state index contributed by atoms with van der Waals surface area (Å²) in [7, 11) is 0. The summed E-state index contributed by atoms with van der Waals surface area (Å²) in [5.41, 5.74) is 2.37. The molecule has 0 aliphatic carbocycles. The topological polar surface area (TPSA) is 69.7 Å². The molecule has 0 spiro atoms. The molecule has 1 aliphatic rings. The van der Waals surface area contributed by atoms with Gasteiger partial charge in [-0.2, -0.15) is 0 Å². The number of nitrogens with zero attached hydrogens (tertiary/aromatic N) is 2. The second kappa shape index (κ2) is 8.86. The lowest BCUT2D eigenvalue weighted by atomic mass is 10.1. The summed E-state index contributed by atoms with van der Waals surface area (Å²) in [6.45, 7) is 4.94. The van der Waals surface area contributed by atoms with Gasteiger partial charge in [0, 0.05) is 44.4 Å². The van der Waals surface area contributed by atoms with E-state index in [0.717, 1.165) is 5.56 Å². The third-order valence-corrected chi connectivity index (χ3v) is 4.96. The summed E-state index contributed by atoms with van der Waals surface area (Å²) in [6.07, 6.45) is 0.280. The van der Waals surface area contributed by atoms with Gasteiger partial charge in [-0.05, 0) is 42.8 Å². The first-order valence-electron chi connectivity index (χ1n) is 9.53. The van der Waals surface area contributed by atoms with Gasteiger partial charge in [-0.1, -0.05) is 12.1 Å². The maximum absolute atomic E-state index is 14.3. The second-order valence-corrected chi connectivity index (χ2v) is 7.15. The molecule has 1 aliphatic heterocycles. The Morgan fingerprint density at radius 1 is 0.966 bits per heavy atom. The van der Waals surface area contributed by atoms with Crippen LogP contribution in [0.25, 0.3) is 0 Å². The molecular formula is C22H24FN3O3. The van der Waals surface area contributed by atoms with Crippen molar-refractivity contribution in [3.8, 4) is 0 Å². The molecule has 0 radical (unpaired) electrons. The van der Waals surface area contributed by atoms with Crippen molar-refractivity contribution in [3.05, 3.63) is 59.4 Å². The molecular weight excluding hydrogens is 373 g/mol. The molecule has 6 nitrogen and oxygen atoms in total. The Kier molecular flexibility index (Phi) is 6.26. The number of piperazine rings is 1. The van der Waals surface area contributed by atoms with E-state index in [1.54, 1.807) is 29.2 Å². The van der Waals surface area contributed by atoms with Gasteiger partial charge < -0.3 is 15.1 Å². The minimum atomic E-state index is -0.420. The summed E-state index contributed by atoms with van der Waals surface area (Å²) in [4.78, 5) is 38.7. The lowest BCUT2D eigenvalue weighted by molar-refractivity contribution is -0.130. The Morgan fingerprint density at radius 2 is 1.62 bits per heavy atom. The van der Waals surface area contributed by atoms with Crippen LogP contribution in [0.4, 0.5) is 15.8 Å². The van der Waals surface area contributed by atoms with E-state index in [4.69, 9.17) is 0 Å². The molecule has 2 aromatic rings. The van der Waals surface area contributed by atoms with Gasteiger partial charge >= 0.3 is 0 Å². The van der Waals surface area contributed by atoms with E-state index in [0.29, 0.717) is 43.1 Å². The Bertz CT molecular complexity index is 919. The number of Topliss-reactive ketones (excluding diaryl/α,β-unsaturated/α-hetero) is 1. The Labute approximate surface area is 169 Å². The third kappa shape index (κ3) is 5.19. The van der Waals surface area contributed by atoms with Gasteiger partial charge in [0.2, 0.25) is 11.8 Å². The standard InChI is InChI=1S/C22H24FN3O3/c1-15(27)18-5-8-21(20(23)14-18)25-9-11-26(12-10-25)22(29)13-17-3-6-19(7-4-17)24-16(2)28/h3-8,14H,9-13H2,1-2H3,(H,24,28). The van der Waals surface area contributed by atoms with Crippen molar-refractivity contribution in [1.29, 1.82) is 0 Å². The van der Waals surface area contributed by atoms with Gasteiger partial charge in [0.1, 0.15) is 5.82 Å². The predicted octanol–water partition coefficient (Wildman–Crippen LogP) is 2.88. The van der Waals surface area contributed by atoms with Gasteiger partial charge in [0.15, 0.2) is 5.78 Å². The molecule has 0 bridgehead atoms. The van der Waals surface area contributed by atoms with Crippen molar-refractivity contribution < 1.29 is 18.8 Å². The first kappa shape index (κ1) is 20.5. The first-order valence-corrected chi connectivity index (χ1v) is 9.53. The molecule has 0 atom stereocenters. The van der Waals surface area contributed by atoms with Crippen LogP contribution in [0.2, 0.25) is 0 Å². The summed E-state index contributed by atoms with van der Waals surface area (Å²) >= 11 is 0. The molecule has 2 aromatic carbocycles. The monoisotopic (exact) mass is 397 g/mol. The van der Waals surface area contributed by atoms with Gasteiger partial charge in [-0.25, -0.2) is 4.39 Å². The third-order valence-electron chi connectivity index (χ3n) is 4.96. The van der Waals surface area contributed by atoms with E-state index < -0.39 is 5.82 Å². The molecule has 152 valence electrons. The number of amides is 2. The zero-order valence-electron chi connectivity index (χ0n) is 16.6. The van der Waals surface area contributed by atoms with Crippen molar-refractivity contribution >= 4 is 29.0 Å². The molecule has 2 amide bonds. The zero-order chi connectivity index (χ0) is 21.0. The number of carbonyl (C=O) groups is 3. The van der Waals surface area contributed by atoms with Crippen molar-refractivity contribution in [3.63, 3.8) is 0 Å². The maximum Gasteiger partial charge on any atom is 0.227 e. The van der Waals surface area contributed by atoms with Crippen LogP contribution in [0, 0.1) is 5.82 Å². The molecule has 1 N–H and O–H groups in total. The van der Waals surface area contributed by atoms with Crippen molar-refractivity contribution in [2.75, 3.05) is 36.4 Å². The number of nitrogens with one attached hydrogen (secondary N) is 1. The lowest BCUT2D eigenvalue weighted by Gasteiger charge is -2.36. The Hall–Kier alpha value is -3.22. The number of hydrogen-bond acceptors (Lipinski definition) is 4. The highest BCUT2D eigenvalue weighted by atomic mass is 19.1. The van der Waals surface area contributed by atoms with Crippen LogP contribution in [0.5, 0.6) is 0 Å². The van der Waals surface area contributed by atoms with E-state index in [1.165, 1.54) is 19.9 Å². The van der Waals surface area contributed by atoms with Crippen molar-refractivity contribution in [1.82, 2.24) is 4.90 Å². The van der Waals surface area contributed by atoms with E-state index in [-0.39, 0.29) is 24.0 Å². The number of rotatable bonds is 5.